The maximum absolute atomic E-state index is 12.1. The molecule has 0 amide bonds. The minimum atomic E-state index is -3.10. The first-order valence-corrected chi connectivity index (χ1v) is 8.47. The van der Waals surface area contributed by atoms with Gasteiger partial charge in [-0.1, -0.05) is 6.92 Å². The minimum Gasteiger partial charge on any atom is -0.378 e. The molecule has 1 saturated heterocycles. The summed E-state index contributed by atoms with van der Waals surface area (Å²) in [7, 11) is -3.10. The van der Waals surface area contributed by atoms with Gasteiger partial charge in [-0.2, -0.15) is 4.31 Å². The standard InChI is InChI=1S/C12H26N2O3S/c1-3-6-13-7-4-5-10-18(15,16)14-8-9-17-11-12(14)2/h12-13H,3-11H2,1-2H3. The van der Waals surface area contributed by atoms with Crippen molar-refractivity contribution in [2.45, 2.75) is 39.2 Å². The molecule has 0 aromatic rings. The van der Waals surface area contributed by atoms with E-state index in [9.17, 15) is 8.42 Å². The van der Waals surface area contributed by atoms with Gasteiger partial charge in [0, 0.05) is 12.6 Å². The summed E-state index contributed by atoms with van der Waals surface area (Å²) in [4.78, 5) is 0. The first kappa shape index (κ1) is 15.9. The van der Waals surface area contributed by atoms with E-state index in [4.69, 9.17) is 4.74 Å². The molecule has 0 saturated carbocycles. The number of nitrogens with one attached hydrogen (secondary N) is 1. The molecule has 1 aliphatic rings. The largest absolute Gasteiger partial charge is 0.378 e. The van der Waals surface area contributed by atoms with Crippen molar-refractivity contribution < 1.29 is 13.2 Å². The van der Waals surface area contributed by atoms with Crippen LogP contribution >= 0.6 is 0 Å². The van der Waals surface area contributed by atoms with E-state index in [1.807, 2.05) is 6.92 Å². The summed E-state index contributed by atoms with van der Waals surface area (Å²) in [5.74, 6) is 0.255. The average molecular weight is 278 g/mol. The second kappa shape index (κ2) is 8.09. The normalized spacial score (nSPS) is 22.2. The Balaban J connectivity index is 2.26. The Hall–Kier alpha value is -0.170. The topological polar surface area (TPSA) is 58.6 Å². The van der Waals surface area contributed by atoms with E-state index in [-0.39, 0.29) is 11.8 Å². The summed E-state index contributed by atoms with van der Waals surface area (Å²) >= 11 is 0. The summed E-state index contributed by atoms with van der Waals surface area (Å²) < 4.78 is 31.1. The van der Waals surface area contributed by atoms with Crippen LogP contribution in [0.1, 0.15) is 33.1 Å². The lowest BCUT2D eigenvalue weighted by Crippen LogP contribution is -2.47. The van der Waals surface area contributed by atoms with Crippen LogP contribution in [0.3, 0.4) is 0 Å². The van der Waals surface area contributed by atoms with Crippen molar-refractivity contribution >= 4 is 10.0 Å². The fourth-order valence-electron chi connectivity index (χ4n) is 2.08. The van der Waals surface area contributed by atoms with Gasteiger partial charge in [-0.05, 0) is 39.3 Å². The van der Waals surface area contributed by atoms with E-state index in [2.05, 4.69) is 12.2 Å². The third-order valence-corrected chi connectivity index (χ3v) is 5.16. The van der Waals surface area contributed by atoms with Crippen molar-refractivity contribution in [3.8, 4) is 0 Å². The van der Waals surface area contributed by atoms with Crippen LogP contribution in [0.15, 0.2) is 0 Å². The van der Waals surface area contributed by atoms with Crippen LogP contribution < -0.4 is 5.32 Å². The van der Waals surface area contributed by atoms with Gasteiger partial charge in [0.15, 0.2) is 0 Å². The second-order valence-corrected chi connectivity index (χ2v) is 6.85. The highest BCUT2D eigenvalue weighted by Gasteiger charge is 2.29. The monoisotopic (exact) mass is 278 g/mol. The van der Waals surface area contributed by atoms with Gasteiger partial charge in [0.25, 0.3) is 0 Å². The molecular formula is C12H26N2O3S. The van der Waals surface area contributed by atoms with Gasteiger partial charge < -0.3 is 10.1 Å². The van der Waals surface area contributed by atoms with Crippen LogP contribution in [-0.2, 0) is 14.8 Å². The fourth-order valence-corrected chi connectivity index (χ4v) is 3.84. The lowest BCUT2D eigenvalue weighted by atomic mass is 10.3. The predicted molar refractivity (Wildman–Crippen MR) is 73.2 cm³/mol. The van der Waals surface area contributed by atoms with E-state index in [0.29, 0.717) is 19.8 Å². The molecule has 1 atom stereocenters. The van der Waals surface area contributed by atoms with Crippen LogP contribution in [0.25, 0.3) is 0 Å². The van der Waals surface area contributed by atoms with E-state index in [1.165, 1.54) is 0 Å². The molecule has 0 bridgehead atoms. The van der Waals surface area contributed by atoms with Gasteiger partial charge in [0.2, 0.25) is 10.0 Å². The molecule has 1 aliphatic heterocycles. The molecule has 1 N–H and O–H groups in total. The molecule has 1 fully saturated rings. The molecule has 0 aromatic heterocycles. The first-order valence-electron chi connectivity index (χ1n) is 6.86. The highest BCUT2D eigenvalue weighted by atomic mass is 32.2. The Bertz CT molecular complexity index is 319. The Labute approximate surface area is 111 Å². The number of rotatable bonds is 8. The number of ether oxygens (including phenoxy) is 1. The molecule has 0 aliphatic carbocycles. The zero-order valence-electron chi connectivity index (χ0n) is 11.5. The van der Waals surface area contributed by atoms with Crippen molar-refractivity contribution in [2.75, 3.05) is 38.6 Å². The van der Waals surface area contributed by atoms with Crippen LogP contribution in [-0.4, -0.2) is 57.4 Å². The smallest absolute Gasteiger partial charge is 0.214 e. The van der Waals surface area contributed by atoms with E-state index >= 15 is 0 Å². The zero-order valence-corrected chi connectivity index (χ0v) is 12.3. The first-order chi connectivity index (χ1) is 8.58. The van der Waals surface area contributed by atoms with Crippen LogP contribution in [0, 0.1) is 0 Å². The number of unbranched alkanes of at least 4 members (excludes halogenated alkanes) is 1. The number of hydrogen-bond donors (Lipinski definition) is 1. The molecule has 18 heavy (non-hydrogen) atoms. The summed E-state index contributed by atoms with van der Waals surface area (Å²) in [6, 6.07) is -0.0260. The molecule has 6 heteroatoms. The van der Waals surface area contributed by atoms with Crippen LogP contribution in [0.5, 0.6) is 0 Å². The van der Waals surface area contributed by atoms with E-state index in [1.54, 1.807) is 4.31 Å². The van der Waals surface area contributed by atoms with Gasteiger partial charge >= 0.3 is 0 Å². The predicted octanol–water partition coefficient (Wildman–Crippen LogP) is 0.817. The second-order valence-electron chi connectivity index (χ2n) is 4.81. The quantitative estimate of drug-likeness (QED) is 0.668. The Morgan fingerprint density at radius 1 is 1.33 bits per heavy atom. The highest BCUT2D eigenvalue weighted by molar-refractivity contribution is 7.89. The summed E-state index contributed by atoms with van der Waals surface area (Å²) in [5.41, 5.74) is 0. The van der Waals surface area contributed by atoms with Crippen molar-refractivity contribution in [1.82, 2.24) is 9.62 Å². The van der Waals surface area contributed by atoms with Gasteiger partial charge in [-0.25, -0.2) is 8.42 Å². The number of hydrogen-bond acceptors (Lipinski definition) is 4. The molecule has 0 radical (unpaired) electrons. The minimum absolute atomic E-state index is 0.0260. The van der Waals surface area contributed by atoms with Gasteiger partial charge in [0.1, 0.15) is 0 Å². The summed E-state index contributed by atoms with van der Waals surface area (Å²) in [6.45, 7) is 7.46. The van der Waals surface area contributed by atoms with E-state index < -0.39 is 10.0 Å². The molecule has 1 heterocycles. The fraction of sp³-hybridized carbons (Fsp3) is 1.00. The van der Waals surface area contributed by atoms with Gasteiger partial charge in [0.05, 0.1) is 19.0 Å². The maximum Gasteiger partial charge on any atom is 0.214 e. The lowest BCUT2D eigenvalue weighted by Gasteiger charge is -2.32. The summed E-state index contributed by atoms with van der Waals surface area (Å²) in [5, 5.41) is 3.28. The van der Waals surface area contributed by atoms with Crippen LogP contribution in [0.2, 0.25) is 0 Å². The molecule has 108 valence electrons. The molecule has 1 unspecified atom stereocenters. The summed E-state index contributed by atoms with van der Waals surface area (Å²) in [6.07, 6.45) is 2.75. The molecular weight excluding hydrogens is 252 g/mol. The number of morpholine rings is 1. The third-order valence-electron chi connectivity index (χ3n) is 3.10. The lowest BCUT2D eigenvalue weighted by molar-refractivity contribution is 0.0393. The third kappa shape index (κ3) is 5.22. The SMILES string of the molecule is CCCNCCCCS(=O)(=O)N1CCOCC1C. The number of sulfonamides is 1. The van der Waals surface area contributed by atoms with Gasteiger partial charge in [-0.3, -0.25) is 0 Å². The molecule has 0 aromatic carbocycles. The molecule has 5 nitrogen and oxygen atoms in total. The van der Waals surface area contributed by atoms with Crippen molar-refractivity contribution in [2.24, 2.45) is 0 Å². The highest BCUT2D eigenvalue weighted by Crippen LogP contribution is 2.13. The average Bonchev–Trinajstić information content (AvgIpc) is 2.34. The van der Waals surface area contributed by atoms with Crippen molar-refractivity contribution in [1.29, 1.82) is 0 Å². The molecule has 0 spiro atoms. The molecule has 1 rings (SSSR count). The van der Waals surface area contributed by atoms with Crippen LogP contribution in [0.4, 0.5) is 0 Å². The van der Waals surface area contributed by atoms with Crippen molar-refractivity contribution in [3.05, 3.63) is 0 Å². The Kier molecular flexibility index (Phi) is 7.14. The Morgan fingerprint density at radius 2 is 2.11 bits per heavy atom. The number of nitrogens with zero attached hydrogens (tertiary/aromatic N) is 1. The van der Waals surface area contributed by atoms with E-state index in [0.717, 1.165) is 32.4 Å². The Morgan fingerprint density at radius 3 is 2.78 bits per heavy atom. The van der Waals surface area contributed by atoms with Crippen molar-refractivity contribution in [3.63, 3.8) is 0 Å². The zero-order chi connectivity index (χ0) is 13.4. The maximum atomic E-state index is 12.1. The van der Waals surface area contributed by atoms with Gasteiger partial charge in [-0.15, -0.1) is 0 Å².